The van der Waals surface area contributed by atoms with Crippen molar-refractivity contribution >= 4 is 11.6 Å². The number of nitriles is 1. The summed E-state index contributed by atoms with van der Waals surface area (Å²) in [5.74, 6) is 0. The van der Waals surface area contributed by atoms with Crippen molar-refractivity contribution in [2.75, 3.05) is 20.3 Å². The summed E-state index contributed by atoms with van der Waals surface area (Å²) in [6.45, 7) is 0.989. The molecule has 0 spiro atoms. The number of benzene rings is 1. The number of nitrogens with one attached hydrogen (secondary N) is 1. The highest BCUT2D eigenvalue weighted by Gasteiger charge is 2.09. The van der Waals surface area contributed by atoms with E-state index in [4.69, 9.17) is 21.6 Å². The molecule has 0 amide bonds. The molecule has 0 fully saturated rings. The van der Waals surface area contributed by atoms with E-state index in [0.717, 1.165) is 17.0 Å². The van der Waals surface area contributed by atoms with Crippen LogP contribution >= 0.6 is 11.6 Å². The van der Waals surface area contributed by atoms with Gasteiger partial charge in [-0.1, -0.05) is 23.7 Å². The Morgan fingerprint density at radius 3 is 2.69 bits per heavy atom. The van der Waals surface area contributed by atoms with Crippen LogP contribution in [0.4, 0.5) is 0 Å². The van der Waals surface area contributed by atoms with E-state index in [1.165, 1.54) is 0 Å². The van der Waals surface area contributed by atoms with Gasteiger partial charge in [0.25, 0.3) is 0 Å². The summed E-state index contributed by atoms with van der Waals surface area (Å²) < 4.78 is 5.05. The highest BCUT2D eigenvalue weighted by Crippen LogP contribution is 2.19. The van der Waals surface area contributed by atoms with Gasteiger partial charge in [0.2, 0.25) is 0 Å². The molecular formula is C12H15ClN2O. The third-order valence-electron chi connectivity index (χ3n) is 2.31. The quantitative estimate of drug-likeness (QED) is 0.775. The van der Waals surface area contributed by atoms with Gasteiger partial charge in [0.1, 0.15) is 0 Å². The molecule has 0 saturated carbocycles. The fourth-order valence-electron chi connectivity index (χ4n) is 1.49. The normalized spacial score (nSPS) is 12.1. The zero-order valence-electron chi connectivity index (χ0n) is 9.24. The largest absolute Gasteiger partial charge is 0.385 e. The first-order valence-corrected chi connectivity index (χ1v) is 5.50. The Hall–Kier alpha value is -1.08. The minimum atomic E-state index is 0.136. The maximum Gasteiger partial charge on any atom is 0.0845 e. The smallest absolute Gasteiger partial charge is 0.0845 e. The molecule has 0 aromatic heterocycles. The number of ether oxygens (including phenoxy) is 1. The minimum absolute atomic E-state index is 0.136. The molecule has 1 atom stereocenters. The van der Waals surface area contributed by atoms with Crippen molar-refractivity contribution in [3.05, 3.63) is 34.9 Å². The SMILES string of the molecule is COCCC(NCC#N)c1ccc(Cl)cc1. The van der Waals surface area contributed by atoms with Gasteiger partial charge in [-0.2, -0.15) is 5.26 Å². The molecule has 1 unspecified atom stereocenters. The van der Waals surface area contributed by atoms with E-state index in [1.54, 1.807) is 7.11 Å². The van der Waals surface area contributed by atoms with Crippen molar-refractivity contribution in [1.29, 1.82) is 5.26 Å². The molecule has 0 heterocycles. The fourth-order valence-corrected chi connectivity index (χ4v) is 1.61. The van der Waals surface area contributed by atoms with Gasteiger partial charge in [0.05, 0.1) is 12.6 Å². The molecule has 3 nitrogen and oxygen atoms in total. The van der Waals surface area contributed by atoms with E-state index in [9.17, 15) is 0 Å². The van der Waals surface area contributed by atoms with Crippen molar-refractivity contribution in [2.24, 2.45) is 0 Å². The average Bonchev–Trinajstić information content (AvgIpc) is 2.31. The summed E-state index contributed by atoms with van der Waals surface area (Å²) in [5.41, 5.74) is 1.12. The van der Waals surface area contributed by atoms with E-state index in [1.807, 2.05) is 24.3 Å². The van der Waals surface area contributed by atoms with E-state index >= 15 is 0 Å². The van der Waals surface area contributed by atoms with Gasteiger partial charge in [-0.25, -0.2) is 0 Å². The third-order valence-corrected chi connectivity index (χ3v) is 2.56. The number of hydrogen-bond acceptors (Lipinski definition) is 3. The second kappa shape index (κ2) is 7.24. The standard InChI is InChI=1S/C12H15ClN2O/c1-16-9-6-12(15-8-7-14)10-2-4-11(13)5-3-10/h2-5,12,15H,6,8-9H2,1H3. The molecule has 0 bridgehead atoms. The predicted octanol–water partition coefficient (Wildman–Crippen LogP) is 2.53. The summed E-state index contributed by atoms with van der Waals surface area (Å²) >= 11 is 5.83. The van der Waals surface area contributed by atoms with Gasteiger partial charge in [0.15, 0.2) is 0 Å². The Bertz CT molecular complexity index is 345. The highest BCUT2D eigenvalue weighted by molar-refractivity contribution is 6.30. The molecule has 1 aromatic rings. The van der Waals surface area contributed by atoms with Crippen molar-refractivity contribution in [3.8, 4) is 6.07 Å². The predicted molar refractivity (Wildman–Crippen MR) is 64.3 cm³/mol. The first-order chi connectivity index (χ1) is 7.77. The first-order valence-electron chi connectivity index (χ1n) is 5.12. The average molecular weight is 239 g/mol. The lowest BCUT2D eigenvalue weighted by Gasteiger charge is -2.17. The highest BCUT2D eigenvalue weighted by atomic mass is 35.5. The lowest BCUT2D eigenvalue weighted by molar-refractivity contribution is 0.183. The van der Waals surface area contributed by atoms with Crippen LogP contribution in [0.5, 0.6) is 0 Å². The van der Waals surface area contributed by atoms with Crippen LogP contribution < -0.4 is 5.32 Å². The Labute approximate surface area is 101 Å². The van der Waals surface area contributed by atoms with Gasteiger partial charge >= 0.3 is 0 Å². The Morgan fingerprint density at radius 1 is 1.44 bits per heavy atom. The van der Waals surface area contributed by atoms with E-state index in [0.29, 0.717) is 13.2 Å². The number of halogens is 1. The van der Waals surface area contributed by atoms with Crippen LogP contribution in [-0.4, -0.2) is 20.3 Å². The Kier molecular flexibility index (Phi) is 5.87. The molecule has 1 rings (SSSR count). The lowest BCUT2D eigenvalue weighted by atomic mass is 10.0. The third kappa shape index (κ3) is 4.19. The molecule has 16 heavy (non-hydrogen) atoms. The monoisotopic (exact) mass is 238 g/mol. The topological polar surface area (TPSA) is 45.0 Å². The zero-order valence-corrected chi connectivity index (χ0v) is 10.00. The molecule has 0 aliphatic rings. The molecule has 1 aromatic carbocycles. The summed E-state index contributed by atoms with van der Waals surface area (Å²) in [4.78, 5) is 0. The molecular weight excluding hydrogens is 224 g/mol. The molecule has 1 N–H and O–H groups in total. The molecule has 0 radical (unpaired) electrons. The number of hydrogen-bond donors (Lipinski definition) is 1. The van der Waals surface area contributed by atoms with Crippen LogP contribution in [0.15, 0.2) is 24.3 Å². The number of methoxy groups -OCH3 is 1. The van der Waals surface area contributed by atoms with Crippen LogP contribution in [0.25, 0.3) is 0 Å². The van der Waals surface area contributed by atoms with Crippen LogP contribution in [0.2, 0.25) is 5.02 Å². The fraction of sp³-hybridized carbons (Fsp3) is 0.417. The van der Waals surface area contributed by atoms with Gasteiger partial charge in [0, 0.05) is 24.8 Å². The molecule has 86 valence electrons. The second-order valence-corrected chi connectivity index (χ2v) is 3.86. The van der Waals surface area contributed by atoms with Crippen molar-refractivity contribution in [1.82, 2.24) is 5.32 Å². The molecule has 0 saturated heterocycles. The lowest BCUT2D eigenvalue weighted by Crippen LogP contribution is -2.22. The van der Waals surface area contributed by atoms with Gasteiger partial charge in [-0.15, -0.1) is 0 Å². The maximum absolute atomic E-state index is 8.57. The first kappa shape index (κ1) is 13.0. The summed E-state index contributed by atoms with van der Waals surface area (Å²) in [7, 11) is 1.67. The molecule has 0 aliphatic carbocycles. The van der Waals surface area contributed by atoms with Gasteiger partial charge < -0.3 is 4.74 Å². The Morgan fingerprint density at radius 2 is 2.12 bits per heavy atom. The van der Waals surface area contributed by atoms with Crippen LogP contribution in [-0.2, 0) is 4.74 Å². The van der Waals surface area contributed by atoms with Crippen molar-refractivity contribution < 1.29 is 4.74 Å². The van der Waals surface area contributed by atoms with E-state index in [2.05, 4.69) is 11.4 Å². The van der Waals surface area contributed by atoms with Crippen LogP contribution in [0.1, 0.15) is 18.0 Å². The summed E-state index contributed by atoms with van der Waals surface area (Å²) in [6, 6.07) is 9.85. The number of rotatable bonds is 6. The van der Waals surface area contributed by atoms with Gasteiger partial charge in [-0.3, -0.25) is 5.32 Å². The summed E-state index contributed by atoms with van der Waals surface area (Å²) in [5, 5.41) is 12.4. The second-order valence-electron chi connectivity index (χ2n) is 3.42. The van der Waals surface area contributed by atoms with E-state index in [-0.39, 0.29) is 6.04 Å². The minimum Gasteiger partial charge on any atom is -0.385 e. The van der Waals surface area contributed by atoms with Crippen molar-refractivity contribution in [2.45, 2.75) is 12.5 Å². The molecule has 4 heteroatoms. The summed E-state index contributed by atoms with van der Waals surface area (Å²) in [6.07, 6.45) is 0.833. The zero-order chi connectivity index (χ0) is 11.8. The molecule has 0 aliphatic heterocycles. The van der Waals surface area contributed by atoms with Crippen LogP contribution in [0.3, 0.4) is 0 Å². The van der Waals surface area contributed by atoms with Crippen LogP contribution in [0, 0.1) is 11.3 Å². The Balaban J connectivity index is 2.67. The number of nitrogens with zero attached hydrogens (tertiary/aromatic N) is 1. The van der Waals surface area contributed by atoms with E-state index < -0.39 is 0 Å². The van der Waals surface area contributed by atoms with Crippen molar-refractivity contribution in [3.63, 3.8) is 0 Å². The van der Waals surface area contributed by atoms with Gasteiger partial charge in [-0.05, 0) is 24.1 Å². The maximum atomic E-state index is 8.57.